The van der Waals surface area contributed by atoms with E-state index in [9.17, 15) is 4.79 Å². The minimum absolute atomic E-state index is 0.117. The van der Waals surface area contributed by atoms with E-state index in [-0.39, 0.29) is 11.9 Å². The van der Waals surface area contributed by atoms with E-state index in [1.807, 2.05) is 37.3 Å². The number of benzene rings is 1. The Kier molecular flexibility index (Phi) is 4.11. The second kappa shape index (κ2) is 6.44. The molecule has 1 aromatic carbocycles. The number of nitrogens with one attached hydrogen (secondary N) is 1. The minimum atomic E-state index is -0.117. The van der Waals surface area contributed by atoms with Gasteiger partial charge in [-0.15, -0.1) is 0 Å². The average molecular weight is 350 g/mol. The van der Waals surface area contributed by atoms with Crippen molar-refractivity contribution in [1.82, 2.24) is 19.9 Å². The van der Waals surface area contributed by atoms with E-state index < -0.39 is 0 Å². The van der Waals surface area contributed by atoms with Gasteiger partial charge in [-0.2, -0.15) is 5.10 Å². The van der Waals surface area contributed by atoms with Crippen LogP contribution in [0.4, 0.5) is 0 Å². The molecule has 1 aliphatic carbocycles. The number of ether oxygens (including phenoxy) is 1. The summed E-state index contributed by atoms with van der Waals surface area (Å²) < 4.78 is 7.01. The lowest BCUT2D eigenvalue weighted by Gasteiger charge is -2.12. The summed E-state index contributed by atoms with van der Waals surface area (Å²) in [6.07, 6.45) is 3.97. The maximum absolute atomic E-state index is 12.7. The lowest BCUT2D eigenvalue weighted by molar-refractivity contribution is 0.0937. The van der Waals surface area contributed by atoms with Gasteiger partial charge in [0.2, 0.25) is 0 Å². The molecule has 3 aromatic rings. The molecule has 0 unspecified atom stereocenters. The fourth-order valence-electron chi connectivity index (χ4n) is 3.20. The van der Waals surface area contributed by atoms with Gasteiger partial charge in [-0.3, -0.25) is 4.79 Å². The fraction of sp³-hybridized carbons (Fsp3) is 0.350. The van der Waals surface area contributed by atoms with E-state index >= 15 is 0 Å². The van der Waals surface area contributed by atoms with Crippen molar-refractivity contribution in [2.45, 2.75) is 32.7 Å². The van der Waals surface area contributed by atoms with Crippen LogP contribution >= 0.6 is 0 Å². The quantitative estimate of drug-likeness (QED) is 0.767. The smallest absolute Gasteiger partial charge is 0.256 e. The number of methoxy groups -OCH3 is 1. The Balaban J connectivity index is 1.73. The van der Waals surface area contributed by atoms with Gasteiger partial charge < -0.3 is 10.1 Å². The van der Waals surface area contributed by atoms with E-state index in [0.717, 1.165) is 22.7 Å². The molecule has 0 spiro atoms. The molecule has 26 heavy (non-hydrogen) atoms. The lowest BCUT2D eigenvalue weighted by Crippen LogP contribution is -2.34. The molecule has 6 nitrogen and oxygen atoms in total. The number of carbonyl (C=O) groups is 1. The molecule has 0 saturated heterocycles. The number of nitrogens with zero attached hydrogens (tertiary/aromatic N) is 3. The zero-order valence-electron chi connectivity index (χ0n) is 15.2. The van der Waals surface area contributed by atoms with E-state index in [2.05, 4.69) is 17.3 Å². The van der Waals surface area contributed by atoms with Crippen molar-refractivity contribution in [1.29, 1.82) is 0 Å². The SMILES string of the molecule is COc1cccc(-c2cc(C)n3ncc(C(=O)N[C@@H](C)C4CC4)c3n2)c1. The van der Waals surface area contributed by atoms with Gasteiger partial charge in [-0.25, -0.2) is 9.50 Å². The van der Waals surface area contributed by atoms with Crippen molar-refractivity contribution < 1.29 is 9.53 Å². The first-order chi connectivity index (χ1) is 12.6. The molecule has 2 aromatic heterocycles. The predicted molar refractivity (Wildman–Crippen MR) is 99.4 cm³/mol. The van der Waals surface area contributed by atoms with Crippen molar-refractivity contribution >= 4 is 11.6 Å². The zero-order valence-corrected chi connectivity index (χ0v) is 15.2. The molecule has 0 radical (unpaired) electrons. The summed E-state index contributed by atoms with van der Waals surface area (Å²) in [6, 6.07) is 9.88. The van der Waals surface area contributed by atoms with Crippen molar-refractivity contribution in [2.75, 3.05) is 7.11 Å². The first-order valence-electron chi connectivity index (χ1n) is 8.87. The Morgan fingerprint density at radius 3 is 2.88 bits per heavy atom. The molecule has 1 atom stereocenters. The highest BCUT2D eigenvalue weighted by molar-refractivity contribution is 6.00. The number of hydrogen-bond donors (Lipinski definition) is 1. The molecule has 1 saturated carbocycles. The van der Waals surface area contributed by atoms with Crippen LogP contribution < -0.4 is 10.1 Å². The fourth-order valence-corrected chi connectivity index (χ4v) is 3.20. The molecular weight excluding hydrogens is 328 g/mol. The highest BCUT2D eigenvalue weighted by atomic mass is 16.5. The third kappa shape index (κ3) is 3.03. The monoisotopic (exact) mass is 350 g/mol. The number of fused-ring (bicyclic) bond motifs is 1. The molecule has 1 aliphatic rings. The van der Waals surface area contributed by atoms with Gasteiger partial charge in [0, 0.05) is 17.3 Å². The third-order valence-corrected chi connectivity index (χ3v) is 4.95. The Hall–Kier alpha value is -2.89. The van der Waals surface area contributed by atoms with Crippen LogP contribution in [0.25, 0.3) is 16.9 Å². The van der Waals surface area contributed by atoms with E-state index in [1.54, 1.807) is 17.8 Å². The van der Waals surface area contributed by atoms with Crippen molar-refractivity contribution in [3.05, 3.63) is 47.8 Å². The number of aromatic nitrogens is 3. The summed E-state index contributed by atoms with van der Waals surface area (Å²) in [5.74, 6) is 1.25. The number of hydrogen-bond acceptors (Lipinski definition) is 4. The molecule has 2 heterocycles. The van der Waals surface area contributed by atoms with E-state index in [0.29, 0.717) is 17.1 Å². The zero-order chi connectivity index (χ0) is 18.3. The van der Waals surface area contributed by atoms with Gasteiger partial charge in [0.1, 0.15) is 11.3 Å². The summed E-state index contributed by atoms with van der Waals surface area (Å²) >= 11 is 0. The predicted octanol–water partition coefficient (Wildman–Crippen LogP) is 3.24. The van der Waals surface area contributed by atoms with Crippen molar-refractivity contribution in [3.63, 3.8) is 0 Å². The van der Waals surface area contributed by atoms with E-state index in [1.165, 1.54) is 12.8 Å². The van der Waals surface area contributed by atoms with Crippen LogP contribution in [0.5, 0.6) is 5.75 Å². The van der Waals surface area contributed by atoms with Crippen LogP contribution in [0.3, 0.4) is 0 Å². The summed E-state index contributed by atoms with van der Waals surface area (Å²) in [5.41, 5.74) is 3.73. The Bertz CT molecular complexity index is 975. The summed E-state index contributed by atoms with van der Waals surface area (Å²) in [5, 5.41) is 7.43. The van der Waals surface area contributed by atoms with Gasteiger partial charge in [-0.05, 0) is 50.8 Å². The maximum atomic E-state index is 12.7. The first-order valence-corrected chi connectivity index (χ1v) is 8.87. The molecule has 0 bridgehead atoms. The van der Waals surface area contributed by atoms with E-state index in [4.69, 9.17) is 9.72 Å². The molecule has 1 amide bonds. The number of amides is 1. The van der Waals surface area contributed by atoms with Crippen molar-refractivity contribution in [3.8, 4) is 17.0 Å². The molecule has 4 rings (SSSR count). The summed E-state index contributed by atoms with van der Waals surface area (Å²) in [4.78, 5) is 17.4. The van der Waals surface area contributed by atoms with Gasteiger partial charge in [0.25, 0.3) is 5.91 Å². The largest absolute Gasteiger partial charge is 0.497 e. The van der Waals surface area contributed by atoms with Crippen molar-refractivity contribution in [2.24, 2.45) is 5.92 Å². The van der Waals surface area contributed by atoms with Crippen LogP contribution in [0.2, 0.25) is 0 Å². The summed E-state index contributed by atoms with van der Waals surface area (Å²) in [7, 11) is 1.64. The van der Waals surface area contributed by atoms with Crippen LogP contribution in [0.1, 0.15) is 35.8 Å². The number of aryl methyl sites for hydroxylation is 1. The summed E-state index contributed by atoms with van der Waals surface area (Å²) in [6.45, 7) is 4.02. The number of rotatable bonds is 5. The second-order valence-electron chi connectivity index (χ2n) is 6.91. The van der Waals surface area contributed by atoms with Crippen LogP contribution in [0.15, 0.2) is 36.5 Å². The van der Waals surface area contributed by atoms with Gasteiger partial charge in [0.15, 0.2) is 5.65 Å². The molecule has 6 heteroatoms. The molecule has 134 valence electrons. The first kappa shape index (κ1) is 16.6. The maximum Gasteiger partial charge on any atom is 0.256 e. The molecule has 1 fully saturated rings. The van der Waals surface area contributed by atoms with Gasteiger partial charge in [-0.1, -0.05) is 12.1 Å². The molecule has 0 aliphatic heterocycles. The Morgan fingerprint density at radius 2 is 2.15 bits per heavy atom. The normalized spacial score (nSPS) is 15.0. The Labute approximate surface area is 152 Å². The van der Waals surface area contributed by atoms with Gasteiger partial charge in [0.05, 0.1) is 19.0 Å². The molecule has 1 N–H and O–H groups in total. The number of carbonyl (C=O) groups excluding carboxylic acids is 1. The third-order valence-electron chi connectivity index (χ3n) is 4.95. The molecular formula is C20H22N4O2. The average Bonchev–Trinajstić information content (AvgIpc) is 3.41. The highest BCUT2D eigenvalue weighted by Crippen LogP contribution is 2.32. The lowest BCUT2D eigenvalue weighted by atomic mass is 10.1. The van der Waals surface area contributed by atoms with Crippen LogP contribution in [0, 0.1) is 12.8 Å². The second-order valence-corrected chi connectivity index (χ2v) is 6.91. The van der Waals surface area contributed by atoms with Crippen LogP contribution in [-0.2, 0) is 0 Å². The topological polar surface area (TPSA) is 68.5 Å². The van der Waals surface area contributed by atoms with Crippen LogP contribution in [-0.4, -0.2) is 33.7 Å². The minimum Gasteiger partial charge on any atom is -0.497 e. The Morgan fingerprint density at radius 1 is 1.35 bits per heavy atom. The highest BCUT2D eigenvalue weighted by Gasteiger charge is 2.30. The standard InChI is InChI=1S/C20H22N4O2/c1-12-9-18(15-5-4-6-16(10-15)26-3)23-19-17(11-21-24(12)19)20(25)22-13(2)14-7-8-14/h4-6,9-11,13-14H,7-8H2,1-3H3,(H,22,25)/t13-/m0/s1. The van der Waals surface area contributed by atoms with Gasteiger partial charge >= 0.3 is 0 Å².